The quantitative estimate of drug-likeness (QED) is 0.370. The number of aliphatic carboxylic acids is 1. The molecular formula is C5H8O4. The van der Waals surface area contributed by atoms with Gasteiger partial charge in [-0.15, -0.1) is 0 Å². The molecule has 0 aromatic carbocycles. The van der Waals surface area contributed by atoms with E-state index in [0.717, 1.165) is 6.08 Å². The largest absolute Gasteiger partial charge is 0.502 e. The Kier molecular flexibility index (Phi) is 3.46. The summed E-state index contributed by atoms with van der Waals surface area (Å²) in [6.45, 7) is -0.155. The molecular weight excluding hydrogens is 124 g/mol. The van der Waals surface area contributed by atoms with E-state index in [0.29, 0.717) is 0 Å². The Morgan fingerprint density at radius 3 is 2.33 bits per heavy atom. The Balaban J connectivity index is 3.69. The van der Waals surface area contributed by atoms with Crippen LogP contribution in [0.1, 0.15) is 6.42 Å². The highest BCUT2D eigenvalue weighted by molar-refractivity contribution is 5.83. The van der Waals surface area contributed by atoms with Crippen molar-refractivity contribution in [3.63, 3.8) is 0 Å². The van der Waals surface area contributed by atoms with Crippen molar-refractivity contribution in [3.8, 4) is 0 Å². The van der Waals surface area contributed by atoms with Gasteiger partial charge in [0.2, 0.25) is 0 Å². The van der Waals surface area contributed by atoms with E-state index in [1.807, 2.05) is 0 Å². The zero-order valence-corrected chi connectivity index (χ0v) is 4.74. The van der Waals surface area contributed by atoms with Crippen LogP contribution in [0.25, 0.3) is 0 Å². The number of carboxylic acids is 1. The standard InChI is InChI=1S/C5H8O4/c6-3-1-2-4(7)5(8)9/h2,6-7H,1,3H2,(H,8,9). The van der Waals surface area contributed by atoms with Gasteiger partial charge in [0, 0.05) is 6.61 Å². The molecule has 0 heterocycles. The molecule has 0 atom stereocenters. The van der Waals surface area contributed by atoms with E-state index < -0.39 is 11.7 Å². The van der Waals surface area contributed by atoms with Crippen molar-refractivity contribution in [1.82, 2.24) is 0 Å². The zero-order valence-electron chi connectivity index (χ0n) is 4.74. The average Bonchev–Trinajstić information content (AvgIpc) is 1.82. The molecule has 9 heavy (non-hydrogen) atoms. The minimum Gasteiger partial charge on any atom is -0.502 e. The lowest BCUT2D eigenvalue weighted by Crippen LogP contribution is -1.98. The molecule has 4 heteroatoms. The SMILES string of the molecule is O=C(O)C(O)=CCCO. The molecule has 0 bridgehead atoms. The van der Waals surface area contributed by atoms with Crippen LogP contribution in [0.3, 0.4) is 0 Å². The zero-order chi connectivity index (χ0) is 7.28. The third-order valence-electron chi connectivity index (χ3n) is 0.686. The molecule has 0 aromatic rings. The summed E-state index contributed by atoms with van der Waals surface area (Å²) in [5.74, 6) is -2.09. The molecule has 0 radical (unpaired) electrons. The van der Waals surface area contributed by atoms with Gasteiger partial charge in [0.25, 0.3) is 0 Å². The van der Waals surface area contributed by atoms with Gasteiger partial charge in [-0.05, 0) is 12.5 Å². The summed E-state index contributed by atoms with van der Waals surface area (Å²) < 4.78 is 0. The van der Waals surface area contributed by atoms with Crippen LogP contribution in [-0.2, 0) is 4.79 Å². The smallest absolute Gasteiger partial charge is 0.370 e. The van der Waals surface area contributed by atoms with Gasteiger partial charge < -0.3 is 15.3 Å². The second-order valence-electron chi connectivity index (χ2n) is 1.41. The maximum absolute atomic E-state index is 9.81. The minimum absolute atomic E-state index is 0.155. The van der Waals surface area contributed by atoms with Crippen LogP contribution in [0.15, 0.2) is 11.8 Å². The highest BCUT2D eigenvalue weighted by atomic mass is 16.4. The highest BCUT2D eigenvalue weighted by Gasteiger charge is 2.00. The van der Waals surface area contributed by atoms with E-state index in [-0.39, 0.29) is 13.0 Å². The molecule has 0 fully saturated rings. The lowest BCUT2D eigenvalue weighted by Gasteiger charge is -1.88. The van der Waals surface area contributed by atoms with Gasteiger partial charge in [-0.1, -0.05) is 0 Å². The summed E-state index contributed by atoms with van der Waals surface area (Å²) >= 11 is 0. The molecule has 4 nitrogen and oxygen atoms in total. The van der Waals surface area contributed by atoms with Crippen molar-refractivity contribution in [3.05, 3.63) is 11.8 Å². The Bertz CT molecular complexity index is 127. The first-order chi connectivity index (χ1) is 4.18. The maximum atomic E-state index is 9.81. The van der Waals surface area contributed by atoms with Gasteiger partial charge in [0.05, 0.1) is 0 Å². The van der Waals surface area contributed by atoms with E-state index in [9.17, 15) is 4.79 Å². The average molecular weight is 132 g/mol. The number of hydrogen-bond donors (Lipinski definition) is 3. The summed E-state index contributed by atoms with van der Waals surface area (Å²) in [6, 6.07) is 0. The number of hydrogen-bond acceptors (Lipinski definition) is 3. The number of carbonyl (C=O) groups is 1. The van der Waals surface area contributed by atoms with Crippen molar-refractivity contribution in [2.75, 3.05) is 6.61 Å². The monoisotopic (exact) mass is 132 g/mol. The Labute approximate surface area is 52.1 Å². The number of rotatable bonds is 3. The molecule has 0 rings (SSSR count). The van der Waals surface area contributed by atoms with Gasteiger partial charge in [0.15, 0.2) is 5.76 Å². The minimum atomic E-state index is -1.37. The van der Waals surface area contributed by atoms with Gasteiger partial charge in [-0.2, -0.15) is 0 Å². The first-order valence-electron chi connectivity index (χ1n) is 2.41. The number of carboxylic acid groups (broad SMARTS) is 1. The number of aliphatic hydroxyl groups is 2. The van der Waals surface area contributed by atoms with E-state index in [1.54, 1.807) is 0 Å². The molecule has 0 amide bonds. The van der Waals surface area contributed by atoms with Crippen molar-refractivity contribution in [2.24, 2.45) is 0 Å². The topological polar surface area (TPSA) is 77.8 Å². The van der Waals surface area contributed by atoms with Crippen LogP contribution < -0.4 is 0 Å². The second kappa shape index (κ2) is 3.91. The Morgan fingerprint density at radius 1 is 1.44 bits per heavy atom. The predicted molar refractivity (Wildman–Crippen MR) is 30.1 cm³/mol. The fourth-order valence-electron chi connectivity index (χ4n) is 0.289. The normalized spacial score (nSPS) is 11.4. The number of aliphatic hydroxyl groups excluding tert-OH is 2. The first kappa shape index (κ1) is 7.97. The molecule has 52 valence electrons. The molecule has 0 unspecified atom stereocenters. The van der Waals surface area contributed by atoms with Crippen molar-refractivity contribution < 1.29 is 20.1 Å². The van der Waals surface area contributed by atoms with E-state index in [4.69, 9.17) is 15.3 Å². The lowest BCUT2D eigenvalue weighted by atomic mass is 10.3. The van der Waals surface area contributed by atoms with Crippen molar-refractivity contribution in [2.45, 2.75) is 6.42 Å². The van der Waals surface area contributed by atoms with Crippen LogP contribution in [0.2, 0.25) is 0 Å². The summed E-state index contributed by atoms with van der Waals surface area (Å²) in [5, 5.41) is 24.6. The summed E-state index contributed by atoms with van der Waals surface area (Å²) in [6.07, 6.45) is 1.21. The van der Waals surface area contributed by atoms with Crippen LogP contribution >= 0.6 is 0 Å². The molecule has 0 aliphatic rings. The van der Waals surface area contributed by atoms with E-state index >= 15 is 0 Å². The van der Waals surface area contributed by atoms with Crippen molar-refractivity contribution in [1.29, 1.82) is 0 Å². The van der Waals surface area contributed by atoms with Gasteiger partial charge in [0.1, 0.15) is 0 Å². The van der Waals surface area contributed by atoms with Crippen LogP contribution in [0.5, 0.6) is 0 Å². The fraction of sp³-hybridized carbons (Fsp3) is 0.400. The summed E-state index contributed by atoms with van der Waals surface area (Å²) in [4.78, 5) is 9.81. The summed E-state index contributed by atoms with van der Waals surface area (Å²) in [7, 11) is 0. The van der Waals surface area contributed by atoms with E-state index in [1.165, 1.54) is 0 Å². The lowest BCUT2D eigenvalue weighted by molar-refractivity contribution is -0.135. The molecule has 0 saturated heterocycles. The highest BCUT2D eigenvalue weighted by Crippen LogP contribution is 1.89. The first-order valence-corrected chi connectivity index (χ1v) is 2.41. The maximum Gasteiger partial charge on any atom is 0.370 e. The summed E-state index contributed by atoms with van der Waals surface area (Å²) in [5.41, 5.74) is 0. The molecule has 0 aliphatic heterocycles. The van der Waals surface area contributed by atoms with E-state index in [2.05, 4.69) is 0 Å². The molecule has 0 aromatic heterocycles. The third-order valence-corrected chi connectivity index (χ3v) is 0.686. The molecule has 0 spiro atoms. The third kappa shape index (κ3) is 3.54. The van der Waals surface area contributed by atoms with Crippen molar-refractivity contribution >= 4 is 5.97 Å². The van der Waals surface area contributed by atoms with Crippen LogP contribution in [0, 0.1) is 0 Å². The van der Waals surface area contributed by atoms with Crippen LogP contribution in [-0.4, -0.2) is 27.9 Å². The molecule has 3 N–H and O–H groups in total. The Morgan fingerprint density at radius 2 is 2.00 bits per heavy atom. The van der Waals surface area contributed by atoms with Crippen LogP contribution in [0.4, 0.5) is 0 Å². The molecule has 0 aliphatic carbocycles. The van der Waals surface area contributed by atoms with Gasteiger partial charge in [-0.25, -0.2) is 4.79 Å². The van der Waals surface area contributed by atoms with Gasteiger partial charge >= 0.3 is 5.97 Å². The fourth-order valence-corrected chi connectivity index (χ4v) is 0.289. The van der Waals surface area contributed by atoms with Gasteiger partial charge in [-0.3, -0.25) is 0 Å². The molecule has 0 saturated carbocycles. The second-order valence-corrected chi connectivity index (χ2v) is 1.41. The predicted octanol–water partition coefficient (Wildman–Crippen LogP) is -0.105. The Hall–Kier alpha value is -1.03.